The van der Waals surface area contributed by atoms with Crippen molar-refractivity contribution in [3.63, 3.8) is 0 Å². The van der Waals surface area contributed by atoms with Crippen molar-refractivity contribution in [3.05, 3.63) is 58.3 Å². The lowest BCUT2D eigenvalue weighted by molar-refractivity contribution is -0.360. The monoisotopic (exact) mass is 587 g/mol. The second-order valence-corrected chi connectivity index (χ2v) is 11.0. The van der Waals surface area contributed by atoms with Crippen LogP contribution in [0.15, 0.2) is 46.0 Å². The average Bonchev–Trinajstić information content (AvgIpc) is 3.57. The summed E-state index contributed by atoms with van der Waals surface area (Å²) in [4.78, 5) is 27.4. The summed E-state index contributed by atoms with van der Waals surface area (Å²) in [5.41, 5.74) is 1.41. The standard InChI is InChI=1S/C29H37N3O10/c1-15-8-20(34)18-9-17-10-23(42-39-14-22(36)26(38)25(37)21(35)13-33)29(2,5-7-30-3)41-27(17)24(28(18)40-15)32-11-16-4-6-31-19(16)12-32/h4,6,8-9,11-12,21-23,25-26,30-31,33,35-38H,5,7,10,13-14H2,1-3H3/t21-,22+,23-,25-,26-,29+/m1/s1. The Morgan fingerprint density at radius 3 is 2.67 bits per heavy atom. The molecule has 0 saturated heterocycles. The molecule has 4 heterocycles. The van der Waals surface area contributed by atoms with E-state index in [-0.39, 0.29) is 11.8 Å². The molecule has 0 saturated carbocycles. The van der Waals surface area contributed by atoms with Crippen LogP contribution in [0.1, 0.15) is 24.7 Å². The summed E-state index contributed by atoms with van der Waals surface area (Å²) in [5.74, 6) is 0.996. The van der Waals surface area contributed by atoms with Crippen LogP contribution in [0, 0.1) is 6.92 Å². The summed E-state index contributed by atoms with van der Waals surface area (Å²) in [6.45, 7) is 2.83. The molecule has 1 aromatic carbocycles. The Kier molecular flexibility index (Phi) is 8.73. The lowest BCUT2D eigenvalue weighted by Gasteiger charge is -2.42. The fraction of sp³-hybridized carbons (Fsp3) is 0.483. The summed E-state index contributed by atoms with van der Waals surface area (Å²) < 4.78 is 14.7. The van der Waals surface area contributed by atoms with Crippen LogP contribution in [0.3, 0.4) is 0 Å². The number of aromatic amines is 1. The van der Waals surface area contributed by atoms with Gasteiger partial charge in [0.25, 0.3) is 0 Å². The molecule has 13 nitrogen and oxygen atoms in total. The SMILES string of the molecule is CNCC[C@]1(C)Oc2c(cc3c(=O)cc(C)oc3c2-n2cc3cc[nH]c3c2)C[C@H]1OOC[C@H](O)[C@@H](O)[C@H](O)[C@H](O)CO. The molecular weight excluding hydrogens is 550 g/mol. The highest BCUT2D eigenvalue weighted by Gasteiger charge is 2.44. The summed E-state index contributed by atoms with van der Waals surface area (Å²) in [6.07, 6.45) is -1.11. The van der Waals surface area contributed by atoms with Gasteiger partial charge < -0.3 is 49.6 Å². The van der Waals surface area contributed by atoms with Gasteiger partial charge in [0.05, 0.1) is 17.5 Å². The first-order valence-electron chi connectivity index (χ1n) is 13.8. The van der Waals surface area contributed by atoms with E-state index in [1.54, 1.807) is 13.0 Å². The number of rotatable bonds is 12. The smallest absolute Gasteiger partial charge is 0.193 e. The summed E-state index contributed by atoms with van der Waals surface area (Å²) >= 11 is 0. The van der Waals surface area contributed by atoms with Crippen molar-refractivity contribution in [2.24, 2.45) is 0 Å². The number of benzene rings is 1. The molecule has 0 spiro atoms. The first-order valence-corrected chi connectivity index (χ1v) is 13.8. The van der Waals surface area contributed by atoms with E-state index in [1.165, 1.54) is 6.07 Å². The van der Waals surface area contributed by atoms with Crippen LogP contribution in [0.5, 0.6) is 5.75 Å². The predicted molar refractivity (Wildman–Crippen MR) is 152 cm³/mol. The number of hydrogen-bond acceptors (Lipinski definition) is 11. The molecule has 0 radical (unpaired) electrons. The Hall–Kier alpha value is -3.27. The quantitative estimate of drug-likeness (QED) is 0.0898. The van der Waals surface area contributed by atoms with Gasteiger partial charge in [-0.2, -0.15) is 0 Å². The molecule has 0 bridgehead atoms. The van der Waals surface area contributed by atoms with Crippen LogP contribution >= 0.6 is 0 Å². The first kappa shape index (κ1) is 30.2. The molecule has 5 rings (SSSR count). The van der Waals surface area contributed by atoms with Crippen molar-refractivity contribution in [3.8, 4) is 11.4 Å². The Balaban J connectivity index is 1.50. The molecule has 228 valence electrons. The lowest BCUT2D eigenvalue weighted by atomic mass is 9.86. The van der Waals surface area contributed by atoms with Crippen LogP contribution in [-0.2, 0) is 16.2 Å². The van der Waals surface area contributed by atoms with Gasteiger partial charge in [-0.15, -0.1) is 0 Å². The zero-order valence-electron chi connectivity index (χ0n) is 23.6. The molecule has 42 heavy (non-hydrogen) atoms. The molecule has 0 amide bonds. The molecule has 6 atom stereocenters. The Labute approximate surface area is 240 Å². The van der Waals surface area contributed by atoms with Gasteiger partial charge in [-0.3, -0.25) is 4.79 Å². The zero-order chi connectivity index (χ0) is 30.2. The highest BCUT2D eigenvalue weighted by Crippen LogP contribution is 2.44. The number of aromatic nitrogens is 2. The number of aryl methyl sites for hydroxylation is 1. The molecule has 3 aromatic heterocycles. The van der Waals surface area contributed by atoms with E-state index in [0.717, 1.165) is 10.9 Å². The van der Waals surface area contributed by atoms with Crippen LogP contribution in [0.25, 0.3) is 27.6 Å². The number of nitrogens with one attached hydrogen (secondary N) is 2. The largest absolute Gasteiger partial charge is 0.482 e. The normalized spacial score (nSPS) is 21.7. The number of ether oxygens (including phenoxy) is 1. The molecule has 1 aliphatic heterocycles. The molecule has 4 aromatic rings. The number of aliphatic hydroxyl groups excluding tert-OH is 5. The van der Waals surface area contributed by atoms with Gasteiger partial charge in [0, 0.05) is 48.4 Å². The third-order valence-corrected chi connectivity index (χ3v) is 7.81. The van der Waals surface area contributed by atoms with Crippen molar-refractivity contribution in [1.82, 2.24) is 14.9 Å². The van der Waals surface area contributed by atoms with Crippen LogP contribution < -0.4 is 15.5 Å². The Bertz CT molecular complexity index is 1570. The second-order valence-electron chi connectivity index (χ2n) is 11.0. The van der Waals surface area contributed by atoms with E-state index in [4.69, 9.17) is 24.0 Å². The van der Waals surface area contributed by atoms with Gasteiger partial charge >= 0.3 is 0 Å². The molecule has 0 aliphatic carbocycles. The van der Waals surface area contributed by atoms with Crippen LogP contribution in [-0.4, -0.2) is 98.0 Å². The van der Waals surface area contributed by atoms with E-state index < -0.39 is 49.3 Å². The van der Waals surface area contributed by atoms with Crippen molar-refractivity contribution < 1.29 is 44.5 Å². The molecule has 0 fully saturated rings. The topological polar surface area (TPSA) is 192 Å². The van der Waals surface area contributed by atoms with Crippen molar-refractivity contribution >= 4 is 21.9 Å². The van der Waals surface area contributed by atoms with Crippen molar-refractivity contribution in [2.75, 3.05) is 26.8 Å². The molecule has 13 heteroatoms. The summed E-state index contributed by atoms with van der Waals surface area (Å²) in [5, 5.41) is 53.3. The molecule has 1 aliphatic rings. The molecular formula is C29H37N3O10. The fourth-order valence-electron chi connectivity index (χ4n) is 5.29. The highest BCUT2D eigenvalue weighted by atomic mass is 17.2. The van der Waals surface area contributed by atoms with Crippen LogP contribution in [0.4, 0.5) is 0 Å². The van der Waals surface area contributed by atoms with Crippen LogP contribution in [0.2, 0.25) is 0 Å². The van der Waals surface area contributed by atoms with Gasteiger partial charge in [0.2, 0.25) is 0 Å². The Morgan fingerprint density at radius 1 is 1.19 bits per heavy atom. The maximum atomic E-state index is 13.1. The van der Waals surface area contributed by atoms with Crippen molar-refractivity contribution in [1.29, 1.82) is 0 Å². The third-order valence-electron chi connectivity index (χ3n) is 7.81. The summed E-state index contributed by atoms with van der Waals surface area (Å²) in [6, 6.07) is 5.11. The van der Waals surface area contributed by atoms with Gasteiger partial charge in [-0.05, 0) is 39.6 Å². The second kappa shape index (κ2) is 12.1. The highest BCUT2D eigenvalue weighted by molar-refractivity contribution is 5.91. The summed E-state index contributed by atoms with van der Waals surface area (Å²) in [7, 11) is 1.81. The van der Waals surface area contributed by atoms with Gasteiger partial charge in [-0.25, -0.2) is 9.78 Å². The minimum Gasteiger partial charge on any atom is -0.482 e. The maximum absolute atomic E-state index is 13.1. The van der Waals surface area contributed by atoms with Gasteiger partial charge in [0.15, 0.2) is 16.8 Å². The number of nitrogens with zero attached hydrogens (tertiary/aromatic N) is 1. The van der Waals surface area contributed by atoms with Gasteiger partial charge in [0.1, 0.15) is 54.2 Å². The lowest BCUT2D eigenvalue weighted by Crippen LogP contribution is -2.52. The van der Waals surface area contributed by atoms with Crippen molar-refractivity contribution in [2.45, 2.75) is 62.8 Å². The fourth-order valence-corrected chi connectivity index (χ4v) is 5.29. The van der Waals surface area contributed by atoms with E-state index in [1.807, 2.05) is 43.2 Å². The van der Waals surface area contributed by atoms with Gasteiger partial charge in [-0.1, -0.05) is 0 Å². The first-order chi connectivity index (χ1) is 20.1. The minimum atomic E-state index is -1.79. The molecule has 0 unspecified atom stereocenters. The third kappa shape index (κ3) is 5.70. The number of hydrogen-bond donors (Lipinski definition) is 7. The van der Waals surface area contributed by atoms with E-state index in [9.17, 15) is 25.2 Å². The molecule has 7 N–H and O–H groups in total. The predicted octanol–water partition coefficient (Wildman–Crippen LogP) is 0.429. The Morgan fingerprint density at radius 2 is 1.95 bits per heavy atom. The van der Waals surface area contributed by atoms with E-state index in [0.29, 0.717) is 46.7 Å². The average molecular weight is 588 g/mol. The number of aliphatic hydroxyl groups is 5. The van der Waals surface area contributed by atoms with E-state index >= 15 is 0 Å². The van der Waals surface area contributed by atoms with E-state index in [2.05, 4.69) is 10.3 Å². The number of fused-ring (bicyclic) bond motifs is 3. The minimum absolute atomic E-state index is 0.200. The zero-order valence-corrected chi connectivity index (χ0v) is 23.6. The number of H-pyrrole nitrogens is 1. The maximum Gasteiger partial charge on any atom is 0.193 e.